The van der Waals surface area contributed by atoms with Gasteiger partial charge in [0, 0.05) is 25.0 Å². The van der Waals surface area contributed by atoms with Crippen molar-refractivity contribution in [2.45, 2.75) is 13.3 Å². The summed E-state index contributed by atoms with van der Waals surface area (Å²) in [4.78, 5) is 2.54. The van der Waals surface area contributed by atoms with Crippen molar-refractivity contribution in [2.24, 2.45) is 5.41 Å². The molecule has 0 atom stereocenters. The Hall–Kier alpha value is 0.270. The summed E-state index contributed by atoms with van der Waals surface area (Å²) < 4.78 is 2.12. The Balaban J connectivity index is 1.89. The van der Waals surface area contributed by atoms with E-state index in [4.69, 9.17) is 0 Å². The van der Waals surface area contributed by atoms with Crippen LogP contribution in [0.2, 0.25) is 0 Å². The molecule has 0 bridgehead atoms. The molecule has 1 spiro atoms. The van der Waals surface area contributed by atoms with Crippen LogP contribution in [0.25, 0.3) is 0 Å². The Labute approximate surface area is 74.1 Å². The third-order valence-corrected chi connectivity index (χ3v) is 3.28. The largest absolute Gasteiger partial charge is 0.303 e. The Morgan fingerprint density at radius 2 is 2.09 bits per heavy atom. The Morgan fingerprint density at radius 1 is 1.36 bits per heavy atom. The fourth-order valence-corrected chi connectivity index (χ4v) is 2.88. The molecule has 0 N–H and O–H groups in total. The number of hydrogen-bond acceptors (Lipinski definition) is 3. The highest BCUT2D eigenvalue weighted by Crippen LogP contribution is 2.39. The van der Waals surface area contributed by atoms with Crippen LogP contribution < -0.4 is 0 Å². The van der Waals surface area contributed by atoms with Gasteiger partial charge in [0.25, 0.3) is 0 Å². The molecule has 0 radical (unpaired) electrons. The van der Waals surface area contributed by atoms with E-state index >= 15 is 0 Å². The second-order valence-corrected chi connectivity index (χ2v) is 4.51. The van der Waals surface area contributed by atoms with E-state index in [0.717, 1.165) is 0 Å². The molecule has 0 aromatic rings. The zero-order valence-electron chi connectivity index (χ0n) is 7.08. The molecule has 0 unspecified atom stereocenters. The molecule has 0 amide bonds. The molecule has 2 aliphatic heterocycles. The SMILES string of the molecule is CCN1CCC2(CN(S)C2)C1. The predicted octanol–water partition coefficient (Wildman–Crippen LogP) is 0.859. The van der Waals surface area contributed by atoms with Crippen molar-refractivity contribution in [3.8, 4) is 0 Å². The maximum absolute atomic E-state index is 4.31. The molecule has 0 aliphatic carbocycles. The average molecular weight is 172 g/mol. The summed E-state index contributed by atoms with van der Waals surface area (Å²) in [6.45, 7) is 8.47. The van der Waals surface area contributed by atoms with Crippen molar-refractivity contribution in [3.63, 3.8) is 0 Å². The van der Waals surface area contributed by atoms with Crippen LogP contribution >= 0.6 is 12.8 Å². The predicted molar refractivity (Wildman–Crippen MR) is 49.7 cm³/mol. The Bertz CT molecular complexity index is 154. The minimum atomic E-state index is 0.637. The van der Waals surface area contributed by atoms with Gasteiger partial charge >= 0.3 is 0 Å². The third-order valence-electron chi connectivity index (χ3n) is 3.00. The van der Waals surface area contributed by atoms with Crippen molar-refractivity contribution in [1.82, 2.24) is 9.21 Å². The molecule has 0 aromatic heterocycles. The molecule has 2 rings (SSSR count). The van der Waals surface area contributed by atoms with Crippen LogP contribution in [0.3, 0.4) is 0 Å². The lowest BCUT2D eigenvalue weighted by Gasteiger charge is -2.45. The van der Waals surface area contributed by atoms with Crippen LogP contribution in [-0.4, -0.2) is 41.9 Å². The first-order chi connectivity index (χ1) is 5.24. The molecule has 2 nitrogen and oxygen atoms in total. The van der Waals surface area contributed by atoms with Crippen molar-refractivity contribution in [2.75, 3.05) is 32.7 Å². The minimum Gasteiger partial charge on any atom is -0.303 e. The first-order valence-electron chi connectivity index (χ1n) is 4.40. The van der Waals surface area contributed by atoms with Gasteiger partial charge in [-0.3, -0.25) is 4.31 Å². The van der Waals surface area contributed by atoms with Crippen molar-refractivity contribution in [1.29, 1.82) is 0 Å². The first-order valence-corrected chi connectivity index (χ1v) is 4.80. The fraction of sp³-hybridized carbons (Fsp3) is 1.00. The number of hydrogen-bond donors (Lipinski definition) is 1. The van der Waals surface area contributed by atoms with Crippen LogP contribution in [-0.2, 0) is 0 Å². The lowest BCUT2D eigenvalue weighted by Crippen LogP contribution is -2.53. The van der Waals surface area contributed by atoms with E-state index in [1.54, 1.807) is 0 Å². The highest BCUT2D eigenvalue weighted by atomic mass is 32.1. The van der Waals surface area contributed by atoms with Gasteiger partial charge in [0.05, 0.1) is 0 Å². The zero-order valence-corrected chi connectivity index (χ0v) is 7.98. The molecule has 3 heteroatoms. The molecule has 2 aliphatic rings. The van der Waals surface area contributed by atoms with Crippen molar-refractivity contribution < 1.29 is 0 Å². The van der Waals surface area contributed by atoms with Gasteiger partial charge < -0.3 is 4.90 Å². The Kier molecular flexibility index (Phi) is 1.90. The van der Waals surface area contributed by atoms with E-state index < -0.39 is 0 Å². The van der Waals surface area contributed by atoms with Crippen LogP contribution in [0.15, 0.2) is 0 Å². The topological polar surface area (TPSA) is 6.48 Å². The lowest BCUT2D eigenvalue weighted by atomic mass is 9.81. The summed E-state index contributed by atoms with van der Waals surface area (Å²) in [7, 11) is 0. The van der Waals surface area contributed by atoms with Gasteiger partial charge in [-0.2, -0.15) is 0 Å². The van der Waals surface area contributed by atoms with Gasteiger partial charge in [-0.1, -0.05) is 19.7 Å². The van der Waals surface area contributed by atoms with E-state index in [0.29, 0.717) is 5.41 Å². The van der Waals surface area contributed by atoms with Crippen molar-refractivity contribution >= 4 is 12.8 Å². The maximum Gasteiger partial charge on any atom is 0.0169 e. The fourth-order valence-electron chi connectivity index (χ4n) is 2.28. The van der Waals surface area contributed by atoms with E-state index in [-0.39, 0.29) is 0 Å². The lowest BCUT2D eigenvalue weighted by molar-refractivity contribution is 0.0907. The second-order valence-electron chi connectivity index (χ2n) is 3.94. The smallest absolute Gasteiger partial charge is 0.0169 e. The van der Waals surface area contributed by atoms with Gasteiger partial charge in [-0.25, -0.2) is 0 Å². The van der Waals surface area contributed by atoms with E-state index in [9.17, 15) is 0 Å². The molecule has 64 valence electrons. The number of thiol groups is 1. The van der Waals surface area contributed by atoms with Gasteiger partial charge in [0.1, 0.15) is 0 Å². The summed E-state index contributed by atoms with van der Waals surface area (Å²) in [6.07, 6.45) is 1.39. The number of likely N-dealkylation sites (tertiary alicyclic amines) is 1. The van der Waals surface area contributed by atoms with Crippen LogP contribution in [0.5, 0.6) is 0 Å². The van der Waals surface area contributed by atoms with E-state index in [1.165, 1.54) is 39.1 Å². The quantitative estimate of drug-likeness (QED) is 0.586. The second kappa shape index (κ2) is 2.64. The molecular formula is C8H16N2S. The highest BCUT2D eigenvalue weighted by Gasteiger charge is 2.45. The molecule has 2 saturated heterocycles. The van der Waals surface area contributed by atoms with Crippen LogP contribution in [0.4, 0.5) is 0 Å². The Morgan fingerprint density at radius 3 is 2.55 bits per heavy atom. The summed E-state index contributed by atoms with van der Waals surface area (Å²) in [5.74, 6) is 0. The van der Waals surface area contributed by atoms with Crippen LogP contribution in [0.1, 0.15) is 13.3 Å². The highest BCUT2D eigenvalue weighted by molar-refractivity contribution is 7.77. The van der Waals surface area contributed by atoms with Gasteiger partial charge in [-0.05, 0) is 19.5 Å². The van der Waals surface area contributed by atoms with Crippen LogP contribution in [0, 0.1) is 5.41 Å². The van der Waals surface area contributed by atoms with Gasteiger partial charge in [-0.15, -0.1) is 0 Å². The summed E-state index contributed by atoms with van der Waals surface area (Å²) in [5.41, 5.74) is 0.637. The molecular weight excluding hydrogens is 156 g/mol. The molecule has 2 fully saturated rings. The van der Waals surface area contributed by atoms with Gasteiger partial charge in [0.2, 0.25) is 0 Å². The number of nitrogens with zero attached hydrogens (tertiary/aromatic N) is 2. The average Bonchev–Trinajstić information content (AvgIpc) is 2.31. The molecule has 2 heterocycles. The standard InChI is InChI=1S/C8H16N2S/c1-2-9-4-3-8(5-9)6-10(11)7-8/h11H,2-7H2,1H3. The molecule has 0 aromatic carbocycles. The summed E-state index contributed by atoms with van der Waals surface area (Å²) in [6, 6.07) is 0. The van der Waals surface area contributed by atoms with Gasteiger partial charge in [0.15, 0.2) is 0 Å². The zero-order chi connectivity index (χ0) is 7.90. The first kappa shape index (κ1) is 7.90. The maximum atomic E-state index is 4.31. The third kappa shape index (κ3) is 1.30. The molecule has 11 heavy (non-hydrogen) atoms. The normalized spacial score (nSPS) is 31.1. The summed E-state index contributed by atoms with van der Waals surface area (Å²) >= 11 is 4.31. The summed E-state index contributed by atoms with van der Waals surface area (Å²) in [5, 5.41) is 0. The minimum absolute atomic E-state index is 0.637. The van der Waals surface area contributed by atoms with E-state index in [1.807, 2.05) is 0 Å². The monoisotopic (exact) mass is 172 g/mol. The van der Waals surface area contributed by atoms with E-state index in [2.05, 4.69) is 28.9 Å². The number of rotatable bonds is 1. The molecule has 0 saturated carbocycles. The van der Waals surface area contributed by atoms with Crippen molar-refractivity contribution in [3.05, 3.63) is 0 Å².